The molecule has 21 heavy (non-hydrogen) atoms. The van der Waals surface area contributed by atoms with Crippen molar-refractivity contribution in [1.29, 1.82) is 0 Å². The van der Waals surface area contributed by atoms with E-state index in [1.165, 1.54) is 7.11 Å². The summed E-state index contributed by atoms with van der Waals surface area (Å²) in [5, 5.41) is 0. The fraction of sp³-hybridized carbons (Fsp3) is 0.600. The van der Waals surface area contributed by atoms with Crippen molar-refractivity contribution in [2.24, 2.45) is 5.92 Å². The number of carbonyl (C=O) groups is 1. The number of methoxy groups -OCH3 is 1. The van der Waals surface area contributed by atoms with Crippen molar-refractivity contribution >= 4 is 5.91 Å². The monoisotopic (exact) mass is 292 g/mol. The smallest absolute Gasteiger partial charge is 0.248 e. The zero-order valence-electron chi connectivity index (χ0n) is 12.1. The molecule has 1 amide bonds. The van der Waals surface area contributed by atoms with Gasteiger partial charge in [0.15, 0.2) is 0 Å². The maximum atomic E-state index is 12.1. The van der Waals surface area contributed by atoms with E-state index in [-0.39, 0.29) is 30.6 Å². The minimum atomic E-state index is 0.000289. The molecule has 6 heteroatoms. The summed E-state index contributed by atoms with van der Waals surface area (Å²) < 4.78 is 16.5. The van der Waals surface area contributed by atoms with Gasteiger partial charge in [-0.3, -0.25) is 9.78 Å². The van der Waals surface area contributed by atoms with Gasteiger partial charge in [-0.15, -0.1) is 0 Å². The van der Waals surface area contributed by atoms with E-state index in [9.17, 15) is 4.79 Å². The second kappa shape index (κ2) is 6.51. The van der Waals surface area contributed by atoms with Crippen LogP contribution in [-0.4, -0.2) is 61.4 Å². The van der Waals surface area contributed by atoms with Crippen LogP contribution in [0.4, 0.5) is 0 Å². The second-order valence-electron chi connectivity index (χ2n) is 5.42. The van der Waals surface area contributed by atoms with Gasteiger partial charge in [0.05, 0.1) is 37.7 Å². The lowest BCUT2D eigenvalue weighted by atomic mass is 10.0. The third-order valence-corrected chi connectivity index (χ3v) is 4.11. The SMILES string of the molecule is COCC(=O)N1C[C@@H](OCc2ccccn2)[C@@H]2COC[C@@H]21. The van der Waals surface area contributed by atoms with Crippen molar-refractivity contribution in [3.8, 4) is 0 Å². The molecule has 2 saturated heterocycles. The molecule has 6 nitrogen and oxygen atoms in total. The highest BCUT2D eigenvalue weighted by molar-refractivity contribution is 5.78. The number of nitrogens with zero attached hydrogens (tertiary/aromatic N) is 2. The van der Waals surface area contributed by atoms with E-state index in [1.807, 2.05) is 23.1 Å². The summed E-state index contributed by atoms with van der Waals surface area (Å²) in [6.07, 6.45) is 1.75. The summed E-state index contributed by atoms with van der Waals surface area (Å²) in [5.74, 6) is 0.247. The minimum Gasteiger partial charge on any atom is -0.379 e. The van der Waals surface area contributed by atoms with Crippen molar-refractivity contribution in [2.45, 2.75) is 18.8 Å². The lowest BCUT2D eigenvalue weighted by molar-refractivity contribution is -0.136. The summed E-state index contributed by atoms with van der Waals surface area (Å²) in [6, 6.07) is 5.87. The number of fused-ring (bicyclic) bond motifs is 1. The molecule has 2 fully saturated rings. The van der Waals surface area contributed by atoms with Crippen molar-refractivity contribution in [3.63, 3.8) is 0 Å². The lowest BCUT2D eigenvalue weighted by Gasteiger charge is -2.21. The highest BCUT2D eigenvalue weighted by atomic mass is 16.5. The summed E-state index contributed by atoms with van der Waals surface area (Å²) in [4.78, 5) is 18.2. The molecule has 0 N–H and O–H groups in total. The Labute approximate surface area is 124 Å². The number of pyridine rings is 1. The molecule has 1 aromatic rings. The van der Waals surface area contributed by atoms with Crippen LogP contribution in [0.2, 0.25) is 0 Å². The Morgan fingerprint density at radius 2 is 2.38 bits per heavy atom. The van der Waals surface area contributed by atoms with Gasteiger partial charge in [-0.2, -0.15) is 0 Å². The average molecular weight is 292 g/mol. The third kappa shape index (κ3) is 3.07. The van der Waals surface area contributed by atoms with Gasteiger partial charge in [0.25, 0.3) is 0 Å². The van der Waals surface area contributed by atoms with E-state index >= 15 is 0 Å². The van der Waals surface area contributed by atoms with Gasteiger partial charge in [-0.1, -0.05) is 6.07 Å². The summed E-state index contributed by atoms with van der Waals surface area (Å²) >= 11 is 0. The van der Waals surface area contributed by atoms with Crippen molar-refractivity contribution in [3.05, 3.63) is 30.1 Å². The average Bonchev–Trinajstić information content (AvgIpc) is 3.09. The maximum absolute atomic E-state index is 12.1. The van der Waals surface area contributed by atoms with Crippen molar-refractivity contribution < 1.29 is 19.0 Å². The van der Waals surface area contributed by atoms with Gasteiger partial charge in [-0.25, -0.2) is 0 Å². The van der Waals surface area contributed by atoms with Gasteiger partial charge >= 0.3 is 0 Å². The third-order valence-electron chi connectivity index (χ3n) is 4.11. The number of ether oxygens (including phenoxy) is 3. The Bertz CT molecular complexity index is 482. The fourth-order valence-electron chi connectivity index (χ4n) is 3.05. The number of rotatable bonds is 5. The molecular weight excluding hydrogens is 272 g/mol. The molecule has 3 rings (SSSR count). The molecule has 1 aromatic heterocycles. The van der Waals surface area contributed by atoms with Crippen LogP contribution in [0, 0.1) is 5.92 Å². The molecule has 0 aliphatic carbocycles. The number of hydrogen-bond donors (Lipinski definition) is 0. The Morgan fingerprint density at radius 1 is 1.48 bits per heavy atom. The number of hydrogen-bond acceptors (Lipinski definition) is 5. The first-order valence-electron chi connectivity index (χ1n) is 7.17. The van der Waals surface area contributed by atoms with Gasteiger partial charge < -0.3 is 19.1 Å². The number of likely N-dealkylation sites (tertiary alicyclic amines) is 1. The van der Waals surface area contributed by atoms with Gasteiger partial charge in [0.1, 0.15) is 6.61 Å². The second-order valence-corrected chi connectivity index (χ2v) is 5.42. The van der Waals surface area contributed by atoms with Crippen molar-refractivity contribution in [2.75, 3.05) is 33.5 Å². The summed E-state index contributed by atoms with van der Waals surface area (Å²) in [6.45, 7) is 2.41. The molecule has 0 radical (unpaired) electrons. The molecule has 0 spiro atoms. The first kappa shape index (κ1) is 14.4. The summed E-state index contributed by atoms with van der Waals surface area (Å²) in [5.41, 5.74) is 0.898. The van der Waals surface area contributed by atoms with Crippen LogP contribution in [0.15, 0.2) is 24.4 Å². The molecule has 2 aliphatic rings. The Balaban J connectivity index is 1.62. The van der Waals surface area contributed by atoms with E-state index in [2.05, 4.69) is 4.98 Å². The first-order valence-corrected chi connectivity index (χ1v) is 7.17. The standard InChI is InChI=1S/C15H20N2O4/c1-19-10-15(18)17-6-14(12-8-20-9-13(12)17)21-7-11-4-2-3-5-16-11/h2-5,12-14H,6-10H2,1H3/t12-,13+,14-/m1/s1. The fourth-order valence-corrected chi connectivity index (χ4v) is 3.05. The van der Waals surface area contributed by atoms with Crippen molar-refractivity contribution in [1.82, 2.24) is 9.88 Å². The molecule has 0 aromatic carbocycles. The van der Waals surface area contributed by atoms with Gasteiger partial charge in [-0.05, 0) is 12.1 Å². The van der Waals surface area contributed by atoms with E-state index in [0.29, 0.717) is 26.4 Å². The Morgan fingerprint density at radius 3 is 3.14 bits per heavy atom. The maximum Gasteiger partial charge on any atom is 0.248 e. The number of aromatic nitrogens is 1. The predicted octanol–water partition coefficient (Wildman–Crippen LogP) is 0.470. The van der Waals surface area contributed by atoms with E-state index in [1.54, 1.807) is 6.20 Å². The molecule has 0 unspecified atom stereocenters. The van der Waals surface area contributed by atoms with Crippen LogP contribution in [0.25, 0.3) is 0 Å². The molecule has 2 aliphatic heterocycles. The molecule has 0 bridgehead atoms. The first-order chi connectivity index (χ1) is 10.3. The highest BCUT2D eigenvalue weighted by Crippen LogP contribution is 2.32. The minimum absolute atomic E-state index is 0.000289. The molecule has 3 atom stereocenters. The van der Waals surface area contributed by atoms with Gasteiger partial charge in [0, 0.05) is 25.8 Å². The van der Waals surface area contributed by atoms with E-state index in [4.69, 9.17) is 14.2 Å². The number of amides is 1. The number of carbonyl (C=O) groups excluding carboxylic acids is 1. The molecule has 114 valence electrons. The van der Waals surface area contributed by atoms with E-state index in [0.717, 1.165) is 5.69 Å². The van der Waals surface area contributed by atoms with Gasteiger partial charge in [0.2, 0.25) is 5.91 Å². The zero-order valence-corrected chi connectivity index (χ0v) is 12.1. The molecule has 3 heterocycles. The van der Waals surface area contributed by atoms with Crippen LogP contribution in [0.5, 0.6) is 0 Å². The van der Waals surface area contributed by atoms with Crippen LogP contribution < -0.4 is 0 Å². The largest absolute Gasteiger partial charge is 0.379 e. The molecular formula is C15H20N2O4. The normalized spacial score (nSPS) is 27.9. The van der Waals surface area contributed by atoms with Crippen LogP contribution in [0.1, 0.15) is 5.69 Å². The lowest BCUT2D eigenvalue weighted by Crippen LogP contribution is -2.40. The Hall–Kier alpha value is -1.50. The zero-order chi connectivity index (χ0) is 14.7. The van der Waals surface area contributed by atoms with E-state index < -0.39 is 0 Å². The quantitative estimate of drug-likeness (QED) is 0.789. The highest BCUT2D eigenvalue weighted by Gasteiger charge is 2.47. The summed E-state index contributed by atoms with van der Waals surface area (Å²) in [7, 11) is 1.53. The van der Waals surface area contributed by atoms with Crippen LogP contribution in [-0.2, 0) is 25.6 Å². The molecule has 0 saturated carbocycles. The topological polar surface area (TPSA) is 60.9 Å². The van der Waals surface area contributed by atoms with Crippen LogP contribution >= 0.6 is 0 Å². The van der Waals surface area contributed by atoms with Crippen LogP contribution in [0.3, 0.4) is 0 Å². The Kier molecular flexibility index (Phi) is 4.48. The predicted molar refractivity (Wildman–Crippen MR) is 74.5 cm³/mol.